The zero-order valence-corrected chi connectivity index (χ0v) is 9.26. The molecule has 90 valence electrons. The lowest BCUT2D eigenvalue weighted by atomic mass is 10.3. The predicted octanol–water partition coefficient (Wildman–Crippen LogP) is 0.624. The standard InChI is InChI=1S/C9H11F2NO3S/c1-6(5-13)12-16(14,15)9-4-7(10)2-3-8(9)11/h2-4,6,12-13H,5H2,1H3/t6-/m0/s1. The third-order valence-corrected chi connectivity index (χ3v) is 3.42. The maximum absolute atomic E-state index is 13.2. The molecule has 4 nitrogen and oxygen atoms in total. The third kappa shape index (κ3) is 2.97. The summed E-state index contributed by atoms with van der Waals surface area (Å²) in [7, 11) is -4.15. The van der Waals surface area contributed by atoms with Crippen molar-refractivity contribution < 1.29 is 22.3 Å². The molecule has 0 saturated heterocycles. The molecule has 1 aromatic rings. The first kappa shape index (κ1) is 13.0. The Labute approximate surface area is 92.0 Å². The molecule has 0 aliphatic heterocycles. The molecule has 0 aliphatic rings. The lowest BCUT2D eigenvalue weighted by molar-refractivity contribution is 0.265. The Kier molecular flexibility index (Phi) is 3.95. The van der Waals surface area contributed by atoms with Gasteiger partial charge in [-0.3, -0.25) is 0 Å². The molecule has 0 aromatic heterocycles. The number of rotatable bonds is 4. The summed E-state index contributed by atoms with van der Waals surface area (Å²) in [6, 6.07) is 1.37. The number of aliphatic hydroxyl groups excluding tert-OH is 1. The third-order valence-electron chi connectivity index (χ3n) is 1.81. The van der Waals surface area contributed by atoms with Crippen LogP contribution in [-0.4, -0.2) is 26.2 Å². The lowest BCUT2D eigenvalue weighted by Crippen LogP contribution is -2.35. The smallest absolute Gasteiger partial charge is 0.243 e. The van der Waals surface area contributed by atoms with E-state index < -0.39 is 39.2 Å². The van der Waals surface area contributed by atoms with Crippen molar-refractivity contribution in [2.24, 2.45) is 0 Å². The average molecular weight is 251 g/mol. The van der Waals surface area contributed by atoms with E-state index in [1.54, 1.807) is 0 Å². The van der Waals surface area contributed by atoms with Crippen LogP contribution in [0.25, 0.3) is 0 Å². The second-order valence-electron chi connectivity index (χ2n) is 3.28. The quantitative estimate of drug-likeness (QED) is 0.824. The van der Waals surface area contributed by atoms with Gasteiger partial charge in [-0.2, -0.15) is 0 Å². The number of benzene rings is 1. The number of nitrogens with one attached hydrogen (secondary N) is 1. The molecule has 0 radical (unpaired) electrons. The van der Waals surface area contributed by atoms with E-state index in [9.17, 15) is 17.2 Å². The lowest BCUT2D eigenvalue weighted by Gasteiger charge is -2.11. The minimum absolute atomic E-state index is 0.434. The molecule has 1 rings (SSSR count). The van der Waals surface area contributed by atoms with Crippen molar-refractivity contribution in [3.05, 3.63) is 29.8 Å². The predicted molar refractivity (Wildman–Crippen MR) is 53.2 cm³/mol. The molecule has 16 heavy (non-hydrogen) atoms. The highest BCUT2D eigenvalue weighted by Gasteiger charge is 2.21. The van der Waals surface area contributed by atoms with Crippen molar-refractivity contribution in [3.8, 4) is 0 Å². The number of hydrogen-bond donors (Lipinski definition) is 2. The van der Waals surface area contributed by atoms with Gasteiger partial charge in [0.05, 0.1) is 6.61 Å². The number of halogens is 2. The molecule has 1 aromatic carbocycles. The van der Waals surface area contributed by atoms with Crippen molar-refractivity contribution in [1.82, 2.24) is 4.72 Å². The zero-order valence-electron chi connectivity index (χ0n) is 8.44. The van der Waals surface area contributed by atoms with Gasteiger partial charge in [0.15, 0.2) is 0 Å². The van der Waals surface area contributed by atoms with Crippen molar-refractivity contribution in [2.45, 2.75) is 17.9 Å². The van der Waals surface area contributed by atoms with Gasteiger partial charge in [-0.15, -0.1) is 0 Å². The van der Waals surface area contributed by atoms with E-state index in [0.29, 0.717) is 6.07 Å². The van der Waals surface area contributed by atoms with Crippen LogP contribution in [0.2, 0.25) is 0 Å². The highest BCUT2D eigenvalue weighted by Crippen LogP contribution is 2.15. The zero-order chi connectivity index (χ0) is 12.3. The van der Waals surface area contributed by atoms with Crippen LogP contribution in [0.4, 0.5) is 8.78 Å². The van der Waals surface area contributed by atoms with Gasteiger partial charge in [0.25, 0.3) is 0 Å². The molecule has 2 N–H and O–H groups in total. The fourth-order valence-corrected chi connectivity index (χ4v) is 2.37. The van der Waals surface area contributed by atoms with Crippen LogP contribution in [-0.2, 0) is 10.0 Å². The van der Waals surface area contributed by atoms with E-state index in [0.717, 1.165) is 12.1 Å². The number of sulfonamides is 1. The van der Waals surface area contributed by atoms with E-state index in [1.807, 2.05) is 4.72 Å². The summed E-state index contributed by atoms with van der Waals surface area (Å²) >= 11 is 0. The van der Waals surface area contributed by atoms with Gasteiger partial charge < -0.3 is 5.11 Å². The van der Waals surface area contributed by atoms with Gasteiger partial charge in [-0.25, -0.2) is 21.9 Å². The van der Waals surface area contributed by atoms with Gasteiger partial charge >= 0.3 is 0 Å². The maximum atomic E-state index is 13.2. The van der Waals surface area contributed by atoms with Crippen LogP contribution in [0.1, 0.15) is 6.92 Å². The molecule has 0 amide bonds. The Morgan fingerprint density at radius 2 is 2.06 bits per heavy atom. The molecule has 0 fully saturated rings. The first-order chi connectivity index (χ1) is 7.36. The number of hydrogen-bond acceptors (Lipinski definition) is 3. The highest BCUT2D eigenvalue weighted by atomic mass is 32.2. The Morgan fingerprint density at radius 1 is 1.44 bits per heavy atom. The molecule has 0 bridgehead atoms. The minimum atomic E-state index is -4.15. The fourth-order valence-electron chi connectivity index (χ4n) is 1.05. The molecule has 0 unspecified atom stereocenters. The minimum Gasteiger partial charge on any atom is -0.395 e. The van der Waals surface area contributed by atoms with E-state index >= 15 is 0 Å². The Balaban J connectivity index is 3.12. The molecule has 1 atom stereocenters. The van der Waals surface area contributed by atoms with Gasteiger partial charge in [0.2, 0.25) is 10.0 Å². The van der Waals surface area contributed by atoms with Gasteiger partial charge in [0.1, 0.15) is 16.5 Å². The first-order valence-electron chi connectivity index (χ1n) is 4.45. The van der Waals surface area contributed by atoms with Gasteiger partial charge in [-0.05, 0) is 25.1 Å². The molecule has 0 heterocycles. The van der Waals surface area contributed by atoms with Crippen molar-refractivity contribution >= 4 is 10.0 Å². The van der Waals surface area contributed by atoms with E-state index in [2.05, 4.69) is 0 Å². The van der Waals surface area contributed by atoms with Crippen molar-refractivity contribution in [3.63, 3.8) is 0 Å². The Hall–Kier alpha value is -1.05. The van der Waals surface area contributed by atoms with E-state index in [4.69, 9.17) is 5.11 Å². The first-order valence-corrected chi connectivity index (χ1v) is 5.93. The SMILES string of the molecule is C[C@@H](CO)NS(=O)(=O)c1cc(F)ccc1F. The summed E-state index contributed by atoms with van der Waals surface area (Å²) in [6.45, 7) is 0.963. The van der Waals surface area contributed by atoms with Crippen LogP contribution < -0.4 is 4.72 Å². The Bertz CT molecular complexity index is 476. The van der Waals surface area contributed by atoms with E-state index in [1.165, 1.54) is 6.92 Å². The normalized spacial score (nSPS) is 13.8. The molecule has 0 aliphatic carbocycles. The van der Waals surface area contributed by atoms with Crippen molar-refractivity contribution in [2.75, 3.05) is 6.61 Å². The molecule has 0 saturated carbocycles. The fraction of sp³-hybridized carbons (Fsp3) is 0.333. The summed E-state index contributed by atoms with van der Waals surface area (Å²) in [6.07, 6.45) is 0. The molecule has 0 spiro atoms. The van der Waals surface area contributed by atoms with E-state index in [-0.39, 0.29) is 0 Å². The summed E-state index contributed by atoms with van der Waals surface area (Å²) in [5.41, 5.74) is 0. The highest BCUT2D eigenvalue weighted by molar-refractivity contribution is 7.89. The summed E-state index contributed by atoms with van der Waals surface area (Å²) in [4.78, 5) is -0.771. The van der Waals surface area contributed by atoms with Crippen LogP contribution >= 0.6 is 0 Å². The van der Waals surface area contributed by atoms with Crippen molar-refractivity contribution in [1.29, 1.82) is 0 Å². The molecular formula is C9H11F2NO3S. The maximum Gasteiger partial charge on any atom is 0.243 e. The second-order valence-corrected chi connectivity index (χ2v) is 4.96. The van der Waals surface area contributed by atoms with Crippen LogP contribution in [0, 0.1) is 11.6 Å². The average Bonchev–Trinajstić information content (AvgIpc) is 2.20. The summed E-state index contributed by atoms with van der Waals surface area (Å²) < 4.78 is 51.1. The number of aliphatic hydroxyl groups is 1. The second kappa shape index (κ2) is 4.86. The molecular weight excluding hydrogens is 240 g/mol. The topological polar surface area (TPSA) is 66.4 Å². The molecule has 7 heteroatoms. The Morgan fingerprint density at radius 3 is 2.62 bits per heavy atom. The summed E-state index contributed by atoms with van der Waals surface area (Å²) in [5, 5.41) is 8.67. The van der Waals surface area contributed by atoms with Gasteiger partial charge in [-0.1, -0.05) is 0 Å². The van der Waals surface area contributed by atoms with Gasteiger partial charge in [0, 0.05) is 6.04 Å². The monoisotopic (exact) mass is 251 g/mol. The summed E-state index contributed by atoms with van der Waals surface area (Å²) in [5.74, 6) is -1.89. The largest absolute Gasteiger partial charge is 0.395 e. The van der Waals surface area contributed by atoms with Crippen LogP contribution in [0.5, 0.6) is 0 Å². The van der Waals surface area contributed by atoms with Crippen LogP contribution in [0.3, 0.4) is 0 Å². The van der Waals surface area contributed by atoms with Crippen LogP contribution in [0.15, 0.2) is 23.1 Å².